The van der Waals surface area contributed by atoms with E-state index in [4.69, 9.17) is 10.5 Å². The summed E-state index contributed by atoms with van der Waals surface area (Å²) in [5.41, 5.74) is 6.44. The van der Waals surface area contributed by atoms with Crippen molar-refractivity contribution < 1.29 is 29.0 Å². The number of ketones is 1. The lowest BCUT2D eigenvalue weighted by atomic mass is 9.33. The molecular formula is C40H64ClN3O6. The van der Waals surface area contributed by atoms with E-state index in [1.807, 2.05) is 4.90 Å². The zero-order valence-electron chi connectivity index (χ0n) is 32.1. The Hall–Kier alpha value is -2.13. The molecule has 0 spiro atoms. The number of Topliss-reactive ketones (excluding diaryl/α,β-unsaturated/α-hetero) is 1. The molecule has 1 aliphatic heterocycles. The van der Waals surface area contributed by atoms with Crippen LogP contribution in [0.15, 0.2) is 11.1 Å². The van der Waals surface area contributed by atoms with Crippen LogP contribution in [0.2, 0.25) is 0 Å². The SMILES string of the molecule is CC(C)C1=C2[C@H]3CC[C@@H]4[C@@]5(C)CC[C@H](OC(=O)CC(C)(C)C(=O)O)C(C)(C)[C@@H]5CC[C@@]4(C)[C@]3(C)CC[C@@]2(NC(=O)N2CC[C@@H](N)C2)CC1=O.Cl. The van der Waals surface area contributed by atoms with Gasteiger partial charge in [0.15, 0.2) is 5.78 Å². The van der Waals surface area contributed by atoms with Crippen molar-refractivity contribution in [3.63, 3.8) is 0 Å². The quantitative estimate of drug-likeness (QED) is 0.245. The number of hydrogen-bond donors (Lipinski definition) is 3. The number of carbonyl (C=O) groups is 4. The van der Waals surface area contributed by atoms with Gasteiger partial charge in [-0.05, 0) is 123 Å². The van der Waals surface area contributed by atoms with E-state index in [1.165, 1.54) is 5.57 Å². The highest BCUT2D eigenvalue weighted by Crippen LogP contribution is 2.76. The van der Waals surface area contributed by atoms with Crippen LogP contribution in [-0.4, -0.2) is 64.5 Å². The van der Waals surface area contributed by atoms with Crippen molar-refractivity contribution in [1.29, 1.82) is 0 Å². The van der Waals surface area contributed by atoms with Gasteiger partial charge in [-0.15, -0.1) is 12.4 Å². The van der Waals surface area contributed by atoms with E-state index in [2.05, 4.69) is 53.8 Å². The van der Waals surface area contributed by atoms with E-state index in [0.29, 0.717) is 31.3 Å². The van der Waals surface area contributed by atoms with Crippen LogP contribution >= 0.6 is 12.4 Å². The van der Waals surface area contributed by atoms with Crippen molar-refractivity contribution in [1.82, 2.24) is 10.2 Å². The molecule has 10 heteroatoms. The number of halogens is 1. The maximum atomic E-state index is 13.9. The lowest BCUT2D eigenvalue weighted by Crippen LogP contribution is -2.67. The number of carboxylic acid groups (broad SMARTS) is 1. The molecule has 9 atom stereocenters. The first-order valence-corrected chi connectivity index (χ1v) is 19.2. The predicted molar refractivity (Wildman–Crippen MR) is 196 cm³/mol. The fourth-order valence-corrected chi connectivity index (χ4v) is 12.8. The summed E-state index contributed by atoms with van der Waals surface area (Å²) in [6.07, 6.45) is 8.49. The number of fused-ring (bicyclic) bond motifs is 7. The van der Waals surface area contributed by atoms with Crippen molar-refractivity contribution in [2.24, 2.45) is 56.5 Å². The Morgan fingerprint density at radius 3 is 2.24 bits per heavy atom. The third-order valence-corrected chi connectivity index (χ3v) is 15.7. The summed E-state index contributed by atoms with van der Waals surface area (Å²) in [5, 5.41) is 13.1. The van der Waals surface area contributed by atoms with Gasteiger partial charge in [0.1, 0.15) is 6.10 Å². The van der Waals surface area contributed by atoms with Crippen LogP contribution in [0.3, 0.4) is 0 Å². The highest BCUT2D eigenvalue weighted by Gasteiger charge is 2.70. The normalized spacial score (nSPS) is 40.7. The standard InChI is InChI=1S/C40H63N3O6.ClH/c1-23(2)31-26(44)20-40(42-34(48)43-19-14-24(41)22-43)18-17-38(8)25(32(31)40)10-11-28-37(7)15-13-29(49-30(45)21-35(3,4)33(46)47)36(5,6)27(37)12-16-39(28,38)9;/h23-25,27-29H,10-22,41H2,1-9H3,(H,42,48)(H,46,47);1H/t24-,25-,27+,28-,29+,37+,38-,39-,40-;/m1./s1. The second kappa shape index (κ2) is 12.8. The highest BCUT2D eigenvalue weighted by molar-refractivity contribution is 6.02. The molecule has 0 aromatic rings. The Labute approximate surface area is 306 Å². The molecule has 1 saturated heterocycles. The number of likely N-dealkylation sites (tertiary alicyclic amines) is 1. The molecule has 4 N–H and O–H groups in total. The molecule has 0 aromatic heterocycles. The first kappa shape index (κ1) is 39.1. The van der Waals surface area contributed by atoms with Crippen molar-refractivity contribution in [3.8, 4) is 0 Å². The molecule has 1 heterocycles. The molecule has 5 fully saturated rings. The van der Waals surface area contributed by atoms with E-state index >= 15 is 0 Å². The van der Waals surface area contributed by atoms with Crippen LogP contribution in [-0.2, 0) is 19.1 Å². The number of urea groups is 1. The van der Waals surface area contributed by atoms with E-state index in [9.17, 15) is 24.3 Å². The van der Waals surface area contributed by atoms with Gasteiger partial charge in [0.25, 0.3) is 0 Å². The first-order valence-electron chi connectivity index (χ1n) is 19.2. The molecule has 50 heavy (non-hydrogen) atoms. The Morgan fingerprint density at radius 1 is 0.960 bits per heavy atom. The fourth-order valence-electron chi connectivity index (χ4n) is 12.8. The second-order valence-corrected chi connectivity index (χ2v) is 19.4. The van der Waals surface area contributed by atoms with Gasteiger partial charge in [-0.2, -0.15) is 0 Å². The molecule has 0 radical (unpaired) electrons. The number of hydrogen-bond acceptors (Lipinski definition) is 6. The smallest absolute Gasteiger partial charge is 0.318 e. The average Bonchev–Trinajstić information content (AvgIpc) is 3.55. The number of ether oxygens (including phenoxy) is 1. The van der Waals surface area contributed by atoms with E-state index < -0.39 is 22.9 Å². The fraction of sp³-hybridized carbons (Fsp3) is 0.850. The summed E-state index contributed by atoms with van der Waals surface area (Å²) < 4.78 is 6.15. The number of aliphatic carboxylic acids is 1. The Morgan fingerprint density at radius 2 is 1.64 bits per heavy atom. The molecule has 0 aromatic carbocycles. The van der Waals surface area contributed by atoms with Gasteiger partial charge in [0, 0.05) is 31.0 Å². The number of carbonyl (C=O) groups excluding carboxylic acids is 3. The monoisotopic (exact) mass is 717 g/mol. The van der Waals surface area contributed by atoms with Crippen molar-refractivity contribution in [2.45, 2.75) is 151 Å². The zero-order chi connectivity index (χ0) is 36.1. The van der Waals surface area contributed by atoms with Gasteiger partial charge >= 0.3 is 18.0 Å². The molecule has 6 rings (SSSR count). The van der Waals surface area contributed by atoms with Gasteiger partial charge in [0.2, 0.25) is 0 Å². The maximum Gasteiger partial charge on any atom is 0.318 e. The zero-order valence-corrected chi connectivity index (χ0v) is 32.9. The first-order chi connectivity index (χ1) is 22.6. The molecule has 9 nitrogen and oxygen atoms in total. The van der Waals surface area contributed by atoms with Crippen LogP contribution in [0.25, 0.3) is 0 Å². The molecule has 6 aliphatic rings. The Kier molecular flexibility index (Phi) is 9.98. The minimum Gasteiger partial charge on any atom is -0.481 e. The molecule has 282 valence electrons. The van der Waals surface area contributed by atoms with Gasteiger partial charge in [0.05, 0.1) is 17.4 Å². The number of allylic oxidation sites excluding steroid dienone is 1. The number of nitrogens with zero attached hydrogens (tertiary/aromatic N) is 1. The highest BCUT2D eigenvalue weighted by atomic mass is 35.5. The molecular weight excluding hydrogens is 654 g/mol. The molecule has 0 unspecified atom stereocenters. The third kappa shape index (κ3) is 5.74. The molecule has 2 amide bonds. The number of nitrogens with one attached hydrogen (secondary N) is 1. The summed E-state index contributed by atoms with van der Waals surface area (Å²) in [4.78, 5) is 54.2. The van der Waals surface area contributed by atoms with Crippen LogP contribution in [0.4, 0.5) is 4.79 Å². The molecule has 5 aliphatic carbocycles. The topological polar surface area (TPSA) is 139 Å². The minimum absolute atomic E-state index is 0. The van der Waals surface area contributed by atoms with Crippen molar-refractivity contribution >= 4 is 36.2 Å². The van der Waals surface area contributed by atoms with Crippen LogP contribution in [0.5, 0.6) is 0 Å². The van der Waals surface area contributed by atoms with E-state index in [1.54, 1.807) is 13.8 Å². The summed E-state index contributed by atoms with van der Waals surface area (Å²) in [5.74, 6) is -0.0317. The summed E-state index contributed by atoms with van der Waals surface area (Å²) >= 11 is 0. The molecule has 0 bridgehead atoms. The van der Waals surface area contributed by atoms with E-state index in [0.717, 1.165) is 63.4 Å². The maximum absolute atomic E-state index is 13.9. The lowest BCUT2D eigenvalue weighted by Gasteiger charge is -2.72. The van der Waals surface area contributed by atoms with Crippen molar-refractivity contribution in [3.05, 3.63) is 11.1 Å². The number of rotatable bonds is 6. The number of nitrogens with two attached hydrogens (primary N) is 1. The van der Waals surface area contributed by atoms with Gasteiger partial charge in [-0.3, -0.25) is 14.4 Å². The van der Waals surface area contributed by atoms with Gasteiger partial charge in [-0.1, -0.05) is 48.5 Å². The van der Waals surface area contributed by atoms with Crippen molar-refractivity contribution in [2.75, 3.05) is 13.1 Å². The average molecular weight is 718 g/mol. The number of esters is 1. The third-order valence-electron chi connectivity index (χ3n) is 15.7. The molecule has 4 saturated carbocycles. The van der Waals surface area contributed by atoms with Crippen LogP contribution < -0.4 is 11.1 Å². The Bertz CT molecular complexity index is 1460. The van der Waals surface area contributed by atoms with Gasteiger partial charge in [-0.25, -0.2) is 4.79 Å². The minimum atomic E-state index is -1.16. The summed E-state index contributed by atoms with van der Waals surface area (Å²) in [6.45, 7) is 20.7. The summed E-state index contributed by atoms with van der Waals surface area (Å²) in [7, 11) is 0. The summed E-state index contributed by atoms with van der Waals surface area (Å²) in [6, 6.07) is -0.0711. The van der Waals surface area contributed by atoms with Gasteiger partial charge < -0.3 is 25.8 Å². The predicted octanol–water partition coefficient (Wildman–Crippen LogP) is 7.30. The lowest BCUT2D eigenvalue weighted by molar-refractivity contribution is -0.232. The Balaban J connectivity index is 0.00000486. The van der Waals surface area contributed by atoms with E-state index in [-0.39, 0.29) is 76.3 Å². The van der Waals surface area contributed by atoms with Crippen LogP contribution in [0, 0.1) is 50.7 Å². The second-order valence-electron chi connectivity index (χ2n) is 19.4. The van der Waals surface area contributed by atoms with Crippen LogP contribution in [0.1, 0.15) is 133 Å². The largest absolute Gasteiger partial charge is 0.481 e. The number of amides is 2. The number of carboxylic acids is 1.